The first kappa shape index (κ1) is 19.8. The SMILES string of the molecule is Cc1cccc(C2N(c3ccc(Cl)cc3)C(=O)N(c3ccc(Cl)cc3)C2(C)C)c1. The lowest BCUT2D eigenvalue weighted by molar-refractivity contribution is 0.254. The van der Waals surface area contributed by atoms with Gasteiger partial charge in [-0.1, -0.05) is 53.0 Å². The van der Waals surface area contributed by atoms with E-state index in [1.165, 1.54) is 0 Å². The number of urea groups is 1. The van der Waals surface area contributed by atoms with E-state index in [2.05, 4.69) is 39.0 Å². The number of carbonyl (C=O) groups is 1. The van der Waals surface area contributed by atoms with Gasteiger partial charge in [0, 0.05) is 21.4 Å². The Hall–Kier alpha value is -2.49. The van der Waals surface area contributed by atoms with Crippen molar-refractivity contribution in [1.82, 2.24) is 0 Å². The molecule has 3 aromatic rings. The van der Waals surface area contributed by atoms with Crippen LogP contribution in [0.2, 0.25) is 10.0 Å². The maximum Gasteiger partial charge on any atom is 0.330 e. The molecule has 3 nitrogen and oxygen atoms in total. The van der Waals surface area contributed by atoms with Crippen molar-refractivity contribution in [3.8, 4) is 0 Å². The van der Waals surface area contributed by atoms with E-state index in [9.17, 15) is 4.79 Å². The Balaban J connectivity index is 1.90. The molecule has 0 N–H and O–H groups in total. The molecule has 1 aliphatic rings. The van der Waals surface area contributed by atoms with Gasteiger partial charge in [-0.15, -0.1) is 0 Å². The monoisotopic (exact) mass is 424 g/mol. The van der Waals surface area contributed by atoms with Gasteiger partial charge in [-0.3, -0.25) is 9.80 Å². The molecule has 1 aliphatic heterocycles. The second-order valence-corrected chi connectivity index (χ2v) is 8.78. The summed E-state index contributed by atoms with van der Waals surface area (Å²) in [4.78, 5) is 17.5. The van der Waals surface area contributed by atoms with Gasteiger partial charge in [0.25, 0.3) is 0 Å². The first-order valence-electron chi connectivity index (χ1n) is 9.50. The molecule has 1 saturated heterocycles. The van der Waals surface area contributed by atoms with Crippen LogP contribution in [0.15, 0.2) is 72.8 Å². The second-order valence-electron chi connectivity index (χ2n) is 7.91. The van der Waals surface area contributed by atoms with E-state index >= 15 is 0 Å². The zero-order chi connectivity index (χ0) is 20.8. The number of hydrogen-bond acceptors (Lipinski definition) is 1. The average molecular weight is 425 g/mol. The Labute approximate surface area is 181 Å². The van der Waals surface area contributed by atoms with Crippen molar-refractivity contribution in [2.24, 2.45) is 0 Å². The van der Waals surface area contributed by atoms with Crippen molar-refractivity contribution < 1.29 is 4.79 Å². The van der Waals surface area contributed by atoms with E-state index in [1.807, 2.05) is 64.4 Å². The molecule has 0 radical (unpaired) electrons. The quantitative estimate of drug-likeness (QED) is 0.433. The van der Waals surface area contributed by atoms with Crippen LogP contribution in [-0.2, 0) is 0 Å². The topological polar surface area (TPSA) is 23.6 Å². The number of halogens is 2. The fraction of sp³-hybridized carbons (Fsp3) is 0.208. The van der Waals surface area contributed by atoms with Crippen molar-refractivity contribution >= 4 is 40.6 Å². The summed E-state index contributed by atoms with van der Waals surface area (Å²) in [5, 5.41) is 1.28. The highest BCUT2D eigenvalue weighted by molar-refractivity contribution is 6.31. The molecule has 29 heavy (non-hydrogen) atoms. The highest BCUT2D eigenvalue weighted by Gasteiger charge is 2.53. The number of hydrogen-bond donors (Lipinski definition) is 0. The van der Waals surface area contributed by atoms with Crippen LogP contribution in [0.3, 0.4) is 0 Å². The van der Waals surface area contributed by atoms with Crippen molar-refractivity contribution in [1.29, 1.82) is 0 Å². The molecular formula is C24H22Cl2N2O. The summed E-state index contributed by atoms with van der Waals surface area (Å²) in [6.07, 6.45) is 0. The molecule has 5 heteroatoms. The summed E-state index contributed by atoms with van der Waals surface area (Å²) < 4.78 is 0. The molecule has 0 bridgehead atoms. The van der Waals surface area contributed by atoms with Crippen LogP contribution in [-0.4, -0.2) is 11.6 Å². The largest absolute Gasteiger partial charge is 0.330 e. The summed E-state index contributed by atoms with van der Waals surface area (Å²) in [5.74, 6) is 0. The summed E-state index contributed by atoms with van der Waals surface area (Å²) in [5.41, 5.74) is 3.38. The van der Waals surface area contributed by atoms with Gasteiger partial charge in [0.1, 0.15) is 0 Å². The molecule has 0 saturated carbocycles. The molecule has 2 amide bonds. The van der Waals surface area contributed by atoms with Crippen molar-refractivity contribution in [2.45, 2.75) is 32.4 Å². The minimum absolute atomic E-state index is 0.0776. The van der Waals surface area contributed by atoms with E-state index in [-0.39, 0.29) is 12.1 Å². The van der Waals surface area contributed by atoms with E-state index in [0.717, 1.165) is 22.5 Å². The smallest absolute Gasteiger partial charge is 0.286 e. The third-order valence-electron chi connectivity index (χ3n) is 5.45. The molecule has 4 rings (SSSR count). The van der Waals surface area contributed by atoms with Gasteiger partial charge in [0.2, 0.25) is 0 Å². The second kappa shape index (κ2) is 7.40. The van der Waals surface area contributed by atoms with Gasteiger partial charge < -0.3 is 0 Å². The lowest BCUT2D eigenvalue weighted by Gasteiger charge is -2.35. The number of carbonyl (C=O) groups excluding carboxylic acids is 1. The third kappa shape index (κ3) is 3.50. The molecule has 1 fully saturated rings. The normalized spacial score (nSPS) is 18.4. The molecule has 0 aromatic heterocycles. The molecule has 3 aromatic carbocycles. The summed E-state index contributed by atoms with van der Waals surface area (Å²) in [6.45, 7) is 6.27. The fourth-order valence-corrected chi connectivity index (χ4v) is 4.45. The number of benzene rings is 3. The maximum atomic E-state index is 13.7. The van der Waals surface area contributed by atoms with Crippen LogP contribution in [0.4, 0.5) is 16.2 Å². The van der Waals surface area contributed by atoms with Crippen LogP contribution in [0.5, 0.6) is 0 Å². The van der Waals surface area contributed by atoms with Gasteiger partial charge in [-0.2, -0.15) is 0 Å². The third-order valence-corrected chi connectivity index (χ3v) is 5.95. The first-order valence-corrected chi connectivity index (χ1v) is 10.3. The Bertz CT molecular complexity index is 1050. The Morgan fingerprint density at radius 3 is 1.93 bits per heavy atom. The molecule has 0 aliphatic carbocycles. The number of aryl methyl sites for hydroxylation is 1. The van der Waals surface area contributed by atoms with Crippen LogP contribution in [0.1, 0.15) is 31.0 Å². The van der Waals surface area contributed by atoms with Crippen LogP contribution >= 0.6 is 23.2 Å². The van der Waals surface area contributed by atoms with Crippen molar-refractivity contribution in [2.75, 3.05) is 9.80 Å². The minimum atomic E-state index is -0.502. The highest BCUT2D eigenvalue weighted by atomic mass is 35.5. The van der Waals surface area contributed by atoms with Crippen molar-refractivity contribution in [3.63, 3.8) is 0 Å². The minimum Gasteiger partial charge on any atom is -0.286 e. The van der Waals surface area contributed by atoms with Crippen LogP contribution in [0.25, 0.3) is 0 Å². The van der Waals surface area contributed by atoms with Crippen molar-refractivity contribution in [3.05, 3.63) is 94.0 Å². The number of rotatable bonds is 3. The summed E-state index contributed by atoms with van der Waals surface area (Å²) >= 11 is 12.2. The Morgan fingerprint density at radius 2 is 1.38 bits per heavy atom. The van der Waals surface area contributed by atoms with Gasteiger partial charge >= 0.3 is 6.03 Å². The average Bonchev–Trinajstić information content (AvgIpc) is 2.89. The molecule has 0 spiro atoms. The molecule has 148 valence electrons. The number of anilines is 2. The van der Waals surface area contributed by atoms with Gasteiger partial charge in [0.05, 0.1) is 11.6 Å². The van der Waals surface area contributed by atoms with Gasteiger partial charge in [-0.05, 0) is 74.9 Å². The molecule has 1 heterocycles. The fourth-order valence-electron chi connectivity index (χ4n) is 4.19. The van der Waals surface area contributed by atoms with E-state index in [4.69, 9.17) is 23.2 Å². The Morgan fingerprint density at radius 1 is 0.828 bits per heavy atom. The number of amides is 2. The summed E-state index contributed by atoms with van der Waals surface area (Å²) in [6, 6.07) is 22.9. The van der Waals surface area contributed by atoms with Crippen LogP contribution in [0, 0.1) is 6.92 Å². The maximum absolute atomic E-state index is 13.7. The number of nitrogens with zero attached hydrogens (tertiary/aromatic N) is 2. The zero-order valence-electron chi connectivity index (χ0n) is 16.6. The molecule has 1 atom stereocenters. The Kier molecular flexibility index (Phi) is 5.05. The molecular weight excluding hydrogens is 403 g/mol. The van der Waals surface area contributed by atoms with E-state index in [0.29, 0.717) is 10.0 Å². The van der Waals surface area contributed by atoms with Gasteiger partial charge in [-0.25, -0.2) is 4.79 Å². The lowest BCUT2D eigenvalue weighted by atomic mass is 9.87. The predicted molar refractivity (Wildman–Crippen MR) is 121 cm³/mol. The molecule has 1 unspecified atom stereocenters. The van der Waals surface area contributed by atoms with E-state index < -0.39 is 5.54 Å². The highest BCUT2D eigenvalue weighted by Crippen LogP contribution is 2.47. The predicted octanol–water partition coefficient (Wildman–Crippen LogP) is 7.27. The first-order chi connectivity index (χ1) is 13.8. The van der Waals surface area contributed by atoms with Crippen LogP contribution < -0.4 is 9.80 Å². The zero-order valence-corrected chi connectivity index (χ0v) is 18.1. The standard InChI is InChI=1S/C24H22Cl2N2O/c1-16-5-4-6-17(15-16)22-24(2,3)28(21-13-9-19(26)10-14-21)23(29)27(22)20-11-7-18(25)8-12-20/h4-15,22H,1-3H3. The summed E-state index contributed by atoms with van der Waals surface area (Å²) in [7, 11) is 0. The lowest BCUT2D eigenvalue weighted by Crippen LogP contribution is -2.43. The van der Waals surface area contributed by atoms with Gasteiger partial charge in [0.15, 0.2) is 0 Å². The van der Waals surface area contributed by atoms with E-state index in [1.54, 1.807) is 0 Å².